The molecular formula is C23H32N4O2. The number of rotatable bonds is 7. The van der Waals surface area contributed by atoms with Crippen molar-refractivity contribution in [1.82, 2.24) is 20.0 Å². The third kappa shape index (κ3) is 4.70. The molecule has 0 atom stereocenters. The minimum absolute atomic E-state index is 0.0407. The van der Waals surface area contributed by atoms with Crippen molar-refractivity contribution >= 4 is 5.91 Å². The lowest BCUT2D eigenvalue weighted by molar-refractivity contribution is 0.0950. The number of nitrogens with zero attached hydrogens (tertiary/aromatic N) is 3. The standard InChI is InChI=1S/C23H32N4O2/c1-26-22(21(13-25-26)19-3-2-4-19)14-24-23(29)20-7-5-17(6-8-20)15-27-11-9-18(16-28)10-12-27/h5-8,13,18-19,28H,2-4,9-12,14-16H2,1H3,(H,24,29). The number of carbonyl (C=O) groups excluding carboxylic acids is 1. The monoisotopic (exact) mass is 396 g/mol. The zero-order valence-electron chi connectivity index (χ0n) is 17.3. The molecule has 1 aliphatic carbocycles. The molecule has 1 saturated heterocycles. The molecule has 1 aromatic carbocycles. The Hall–Kier alpha value is -2.18. The highest BCUT2D eigenvalue weighted by molar-refractivity contribution is 5.94. The van der Waals surface area contributed by atoms with E-state index in [1.807, 2.05) is 30.1 Å². The van der Waals surface area contributed by atoms with Gasteiger partial charge < -0.3 is 10.4 Å². The number of hydrogen-bond acceptors (Lipinski definition) is 4. The van der Waals surface area contributed by atoms with Crippen molar-refractivity contribution in [3.63, 3.8) is 0 Å². The van der Waals surface area contributed by atoms with Crippen LogP contribution in [0.2, 0.25) is 0 Å². The number of aryl methyl sites for hydroxylation is 1. The second kappa shape index (κ2) is 9.09. The van der Waals surface area contributed by atoms with Gasteiger partial charge in [0.25, 0.3) is 5.91 Å². The van der Waals surface area contributed by atoms with Gasteiger partial charge >= 0.3 is 0 Å². The number of likely N-dealkylation sites (tertiary alicyclic amines) is 1. The van der Waals surface area contributed by atoms with E-state index in [0.717, 1.165) is 38.2 Å². The highest BCUT2D eigenvalue weighted by atomic mass is 16.3. The van der Waals surface area contributed by atoms with E-state index in [4.69, 9.17) is 0 Å². The Balaban J connectivity index is 1.30. The van der Waals surface area contributed by atoms with Gasteiger partial charge in [-0.2, -0.15) is 5.10 Å². The molecule has 0 radical (unpaired) electrons. The quantitative estimate of drug-likeness (QED) is 0.755. The second-order valence-corrected chi connectivity index (χ2v) is 8.58. The Morgan fingerprint density at radius 1 is 1.17 bits per heavy atom. The normalized spacial score (nSPS) is 18.6. The van der Waals surface area contributed by atoms with Gasteiger partial charge in [-0.15, -0.1) is 0 Å². The Labute approximate surface area is 172 Å². The van der Waals surface area contributed by atoms with Gasteiger partial charge in [0.2, 0.25) is 0 Å². The Morgan fingerprint density at radius 3 is 2.52 bits per heavy atom. The van der Waals surface area contributed by atoms with Gasteiger partial charge in [-0.05, 0) is 73.9 Å². The molecule has 1 aliphatic heterocycles. The van der Waals surface area contributed by atoms with E-state index in [0.29, 0.717) is 30.6 Å². The van der Waals surface area contributed by atoms with E-state index in [-0.39, 0.29) is 5.91 Å². The van der Waals surface area contributed by atoms with E-state index in [9.17, 15) is 9.90 Å². The minimum atomic E-state index is -0.0407. The largest absolute Gasteiger partial charge is 0.396 e. The molecule has 0 bridgehead atoms. The zero-order chi connectivity index (χ0) is 20.2. The summed E-state index contributed by atoms with van der Waals surface area (Å²) in [5.74, 6) is 1.03. The van der Waals surface area contributed by atoms with Gasteiger partial charge in [0.05, 0.1) is 18.4 Å². The Bertz CT molecular complexity index is 818. The van der Waals surface area contributed by atoms with Crippen LogP contribution in [0, 0.1) is 5.92 Å². The van der Waals surface area contributed by atoms with E-state index in [1.165, 1.54) is 30.4 Å². The Morgan fingerprint density at radius 2 is 1.90 bits per heavy atom. The molecule has 2 aliphatic rings. The fourth-order valence-corrected chi connectivity index (χ4v) is 4.37. The fourth-order valence-electron chi connectivity index (χ4n) is 4.37. The lowest BCUT2D eigenvalue weighted by atomic mass is 9.80. The van der Waals surface area contributed by atoms with Crippen LogP contribution in [0.3, 0.4) is 0 Å². The van der Waals surface area contributed by atoms with Crippen LogP contribution in [0.15, 0.2) is 30.5 Å². The van der Waals surface area contributed by atoms with Gasteiger partial charge in [-0.1, -0.05) is 18.6 Å². The van der Waals surface area contributed by atoms with Crippen LogP contribution in [0.4, 0.5) is 0 Å². The van der Waals surface area contributed by atoms with Crippen molar-refractivity contribution in [2.75, 3.05) is 19.7 Å². The van der Waals surface area contributed by atoms with E-state index >= 15 is 0 Å². The van der Waals surface area contributed by atoms with Gasteiger partial charge in [-0.25, -0.2) is 0 Å². The number of benzene rings is 1. The summed E-state index contributed by atoms with van der Waals surface area (Å²) in [6.07, 6.45) is 7.83. The molecule has 0 unspecified atom stereocenters. The van der Waals surface area contributed by atoms with Crippen molar-refractivity contribution < 1.29 is 9.90 Å². The van der Waals surface area contributed by atoms with Crippen molar-refractivity contribution in [2.24, 2.45) is 13.0 Å². The molecule has 2 aromatic rings. The van der Waals surface area contributed by atoms with Gasteiger partial charge in [0.1, 0.15) is 0 Å². The summed E-state index contributed by atoms with van der Waals surface area (Å²) in [5.41, 5.74) is 4.33. The maximum absolute atomic E-state index is 12.6. The first-order chi connectivity index (χ1) is 14.1. The molecular weight excluding hydrogens is 364 g/mol. The molecule has 0 spiro atoms. The third-order valence-electron chi connectivity index (χ3n) is 6.64. The number of aromatic nitrogens is 2. The van der Waals surface area contributed by atoms with Gasteiger partial charge in [0, 0.05) is 25.8 Å². The van der Waals surface area contributed by atoms with E-state index < -0.39 is 0 Å². The topological polar surface area (TPSA) is 70.4 Å². The van der Waals surface area contributed by atoms with Crippen LogP contribution in [-0.4, -0.2) is 45.4 Å². The zero-order valence-corrected chi connectivity index (χ0v) is 17.3. The predicted octanol–water partition coefficient (Wildman–Crippen LogP) is 2.82. The summed E-state index contributed by atoms with van der Waals surface area (Å²) in [5, 5.41) is 16.7. The van der Waals surface area contributed by atoms with Crippen molar-refractivity contribution in [1.29, 1.82) is 0 Å². The summed E-state index contributed by atoms with van der Waals surface area (Å²) in [4.78, 5) is 15.0. The SMILES string of the molecule is Cn1ncc(C2CCC2)c1CNC(=O)c1ccc(CN2CCC(CO)CC2)cc1. The van der Waals surface area contributed by atoms with E-state index in [2.05, 4.69) is 27.4 Å². The molecule has 156 valence electrons. The van der Waals surface area contributed by atoms with Gasteiger partial charge in [-0.3, -0.25) is 14.4 Å². The summed E-state index contributed by atoms with van der Waals surface area (Å²) >= 11 is 0. The highest BCUT2D eigenvalue weighted by Crippen LogP contribution is 2.37. The molecule has 29 heavy (non-hydrogen) atoms. The van der Waals surface area contributed by atoms with Crippen LogP contribution >= 0.6 is 0 Å². The first-order valence-corrected chi connectivity index (χ1v) is 10.8. The predicted molar refractivity (Wildman–Crippen MR) is 112 cm³/mol. The molecule has 6 nitrogen and oxygen atoms in total. The molecule has 2 fully saturated rings. The molecule has 1 amide bonds. The highest BCUT2D eigenvalue weighted by Gasteiger charge is 2.24. The maximum Gasteiger partial charge on any atom is 0.251 e. The third-order valence-corrected chi connectivity index (χ3v) is 6.64. The van der Waals surface area contributed by atoms with E-state index in [1.54, 1.807) is 0 Å². The number of aliphatic hydroxyl groups is 1. The molecule has 2 N–H and O–H groups in total. The van der Waals surface area contributed by atoms with Crippen LogP contribution in [0.5, 0.6) is 0 Å². The first-order valence-electron chi connectivity index (χ1n) is 10.8. The summed E-state index contributed by atoms with van der Waals surface area (Å²) in [6.45, 7) is 3.78. The molecule has 1 aromatic heterocycles. The smallest absolute Gasteiger partial charge is 0.251 e. The lowest BCUT2D eigenvalue weighted by Gasteiger charge is -2.31. The minimum Gasteiger partial charge on any atom is -0.396 e. The number of amides is 1. The number of piperidine rings is 1. The fraction of sp³-hybridized carbons (Fsp3) is 0.565. The van der Waals surface area contributed by atoms with Crippen LogP contribution < -0.4 is 5.32 Å². The van der Waals surface area contributed by atoms with Crippen molar-refractivity contribution in [2.45, 2.75) is 51.1 Å². The Kier molecular flexibility index (Phi) is 6.31. The van der Waals surface area contributed by atoms with Crippen LogP contribution in [0.1, 0.15) is 65.2 Å². The lowest BCUT2D eigenvalue weighted by Crippen LogP contribution is -2.34. The first kappa shape index (κ1) is 20.1. The van der Waals surface area contributed by atoms with Gasteiger partial charge in [0.15, 0.2) is 0 Å². The number of nitrogens with one attached hydrogen (secondary N) is 1. The van der Waals surface area contributed by atoms with Crippen molar-refractivity contribution in [3.05, 3.63) is 52.8 Å². The number of aliphatic hydroxyl groups excluding tert-OH is 1. The second-order valence-electron chi connectivity index (χ2n) is 8.58. The molecule has 6 heteroatoms. The maximum atomic E-state index is 12.6. The molecule has 2 heterocycles. The summed E-state index contributed by atoms with van der Waals surface area (Å²) in [7, 11) is 1.95. The molecule has 1 saturated carbocycles. The average Bonchev–Trinajstić information content (AvgIpc) is 3.06. The van der Waals surface area contributed by atoms with Crippen LogP contribution in [0.25, 0.3) is 0 Å². The summed E-state index contributed by atoms with van der Waals surface area (Å²) < 4.78 is 1.89. The average molecular weight is 397 g/mol. The number of carbonyl (C=O) groups is 1. The number of hydrogen-bond donors (Lipinski definition) is 2. The van der Waals surface area contributed by atoms with Crippen molar-refractivity contribution in [3.8, 4) is 0 Å². The van der Waals surface area contributed by atoms with Crippen LogP contribution in [-0.2, 0) is 20.1 Å². The molecule has 4 rings (SSSR count). The summed E-state index contributed by atoms with van der Waals surface area (Å²) in [6, 6.07) is 7.94.